The molecule has 0 saturated heterocycles. The maximum Gasteiger partial charge on any atom is 0.230 e. The molecule has 0 aliphatic heterocycles. The van der Waals surface area contributed by atoms with Gasteiger partial charge in [0.05, 0.1) is 16.6 Å². The van der Waals surface area contributed by atoms with Gasteiger partial charge in [0.15, 0.2) is 11.8 Å². The van der Waals surface area contributed by atoms with Crippen molar-refractivity contribution >= 4 is 43.6 Å². The SMILES string of the molecule is Cc1ccc2c(oc3nc(-c4cc5ccccc5c5ccccc45)cc(F)c32)c1-c1cccc[n+]1C. The van der Waals surface area contributed by atoms with Crippen molar-refractivity contribution in [1.29, 1.82) is 0 Å². The first-order valence-electron chi connectivity index (χ1n) is 12.0. The molecule has 0 unspecified atom stereocenters. The summed E-state index contributed by atoms with van der Waals surface area (Å²) in [6.07, 6.45) is 2.00. The minimum absolute atomic E-state index is 0.308. The van der Waals surface area contributed by atoms with E-state index in [2.05, 4.69) is 30.3 Å². The molecule has 0 aliphatic rings. The molecule has 0 spiro atoms. The van der Waals surface area contributed by atoms with Gasteiger partial charge in [0.2, 0.25) is 11.4 Å². The first-order valence-corrected chi connectivity index (χ1v) is 12.0. The maximum absolute atomic E-state index is 15.8. The number of halogens is 1. The molecule has 0 N–H and O–H groups in total. The van der Waals surface area contributed by atoms with Gasteiger partial charge in [-0.3, -0.25) is 0 Å². The molecule has 0 aliphatic carbocycles. The topological polar surface area (TPSA) is 29.9 Å². The number of hydrogen-bond donors (Lipinski definition) is 0. The van der Waals surface area contributed by atoms with Crippen LogP contribution in [-0.2, 0) is 7.05 Å². The zero-order valence-electron chi connectivity index (χ0n) is 19.9. The van der Waals surface area contributed by atoms with Crippen molar-refractivity contribution < 1.29 is 13.4 Å². The average molecular weight is 470 g/mol. The van der Waals surface area contributed by atoms with Gasteiger partial charge in [0.1, 0.15) is 12.9 Å². The Bertz CT molecular complexity index is 1990. The van der Waals surface area contributed by atoms with Crippen molar-refractivity contribution in [3.05, 3.63) is 109 Å². The molecule has 3 nitrogen and oxygen atoms in total. The summed E-state index contributed by atoms with van der Waals surface area (Å²) < 4.78 is 24.2. The van der Waals surface area contributed by atoms with Gasteiger partial charge in [0.25, 0.3) is 0 Å². The van der Waals surface area contributed by atoms with Crippen LogP contribution in [-0.4, -0.2) is 4.98 Å². The van der Waals surface area contributed by atoms with Gasteiger partial charge in [-0.05, 0) is 46.2 Å². The predicted octanol–water partition coefficient (Wildman–Crippen LogP) is 7.89. The molecule has 4 aromatic carbocycles. The van der Waals surface area contributed by atoms with E-state index in [1.807, 2.05) is 79.3 Å². The second-order valence-corrected chi connectivity index (χ2v) is 9.29. The van der Waals surface area contributed by atoms with Gasteiger partial charge in [-0.25, -0.2) is 13.9 Å². The summed E-state index contributed by atoms with van der Waals surface area (Å²) >= 11 is 0. The van der Waals surface area contributed by atoms with Gasteiger partial charge < -0.3 is 4.42 Å². The minimum Gasteiger partial charge on any atom is -0.437 e. The summed E-state index contributed by atoms with van der Waals surface area (Å²) in [6.45, 7) is 2.05. The van der Waals surface area contributed by atoms with E-state index in [9.17, 15) is 0 Å². The van der Waals surface area contributed by atoms with E-state index in [0.717, 1.165) is 49.3 Å². The average Bonchev–Trinajstić information content (AvgIpc) is 3.28. The van der Waals surface area contributed by atoms with Crippen molar-refractivity contribution in [3.63, 3.8) is 0 Å². The Morgan fingerprint density at radius 2 is 1.53 bits per heavy atom. The highest BCUT2D eigenvalue weighted by atomic mass is 19.1. The fourth-order valence-corrected chi connectivity index (χ4v) is 5.40. The van der Waals surface area contributed by atoms with Gasteiger partial charge in [-0.15, -0.1) is 0 Å². The number of nitrogens with zero attached hydrogens (tertiary/aromatic N) is 2. The molecule has 0 radical (unpaired) electrons. The number of fused-ring (bicyclic) bond motifs is 6. The van der Waals surface area contributed by atoms with E-state index < -0.39 is 0 Å². The lowest BCUT2D eigenvalue weighted by Crippen LogP contribution is -2.30. The minimum atomic E-state index is -0.335. The second kappa shape index (κ2) is 7.72. The summed E-state index contributed by atoms with van der Waals surface area (Å²) in [5.41, 5.74) is 5.42. The number of hydrogen-bond acceptors (Lipinski definition) is 2. The fourth-order valence-electron chi connectivity index (χ4n) is 5.40. The molecule has 0 fully saturated rings. The van der Waals surface area contributed by atoms with Crippen molar-refractivity contribution in [2.24, 2.45) is 7.05 Å². The van der Waals surface area contributed by atoms with Gasteiger partial charge in [-0.2, -0.15) is 0 Å². The maximum atomic E-state index is 15.8. The summed E-state index contributed by atoms with van der Waals surface area (Å²) in [7, 11) is 2.00. The largest absolute Gasteiger partial charge is 0.437 e. The van der Waals surface area contributed by atoms with Crippen molar-refractivity contribution in [2.45, 2.75) is 6.92 Å². The number of furan rings is 1. The van der Waals surface area contributed by atoms with Crippen LogP contribution in [0.1, 0.15) is 5.56 Å². The molecule has 3 heterocycles. The highest BCUT2D eigenvalue weighted by Gasteiger charge is 2.23. The van der Waals surface area contributed by atoms with E-state index in [1.165, 1.54) is 6.07 Å². The smallest absolute Gasteiger partial charge is 0.230 e. The Morgan fingerprint density at radius 3 is 2.36 bits per heavy atom. The molecule has 0 bridgehead atoms. The molecular weight excluding hydrogens is 447 g/mol. The van der Waals surface area contributed by atoms with Crippen molar-refractivity contribution in [1.82, 2.24) is 4.98 Å². The Kier molecular flexibility index (Phi) is 4.45. The molecule has 0 amide bonds. The van der Waals surface area contributed by atoms with E-state index in [4.69, 9.17) is 9.40 Å². The lowest BCUT2D eigenvalue weighted by molar-refractivity contribution is -0.660. The van der Waals surface area contributed by atoms with E-state index in [1.54, 1.807) is 0 Å². The quantitative estimate of drug-likeness (QED) is 0.190. The van der Waals surface area contributed by atoms with E-state index in [0.29, 0.717) is 22.4 Å². The standard InChI is InChI=1S/C32H22FN2O/c1-19-14-15-24-30-26(33)18-27(34-32(30)36-31(24)29(19)28-13-7-8-16-35(28)2)25-17-20-9-3-4-10-21(20)22-11-5-6-12-23(22)25/h3-18H,1-2H3/q+1. The van der Waals surface area contributed by atoms with E-state index in [-0.39, 0.29) is 5.82 Å². The van der Waals surface area contributed by atoms with Crippen LogP contribution in [0.4, 0.5) is 4.39 Å². The highest BCUT2D eigenvalue weighted by molar-refractivity contribution is 6.14. The first-order chi connectivity index (χ1) is 17.6. The molecule has 7 aromatic rings. The number of rotatable bonds is 2. The number of aryl methyl sites for hydroxylation is 2. The zero-order valence-corrected chi connectivity index (χ0v) is 19.9. The third-order valence-electron chi connectivity index (χ3n) is 7.13. The summed E-state index contributed by atoms with van der Waals surface area (Å²) in [5.74, 6) is -0.335. The number of benzene rings is 4. The molecule has 0 saturated carbocycles. The molecular formula is C32H22FN2O+. The van der Waals surface area contributed by atoms with E-state index >= 15 is 4.39 Å². The van der Waals surface area contributed by atoms with Crippen LogP contribution in [0.15, 0.2) is 102 Å². The van der Waals surface area contributed by atoms with Crippen LogP contribution in [0.3, 0.4) is 0 Å². The fraction of sp³-hybridized carbons (Fsp3) is 0.0625. The first kappa shape index (κ1) is 20.8. The molecule has 36 heavy (non-hydrogen) atoms. The summed E-state index contributed by atoms with van der Waals surface area (Å²) in [6, 6.07) is 30.1. The van der Waals surface area contributed by atoms with Gasteiger partial charge >= 0.3 is 0 Å². The molecule has 3 aromatic heterocycles. The van der Waals surface area contributed by atoms with Gasteiger partial charge in [-0.1, -0.05) is 60.7 Å². The van der Waals surface area contributed by atoms with Crippen LogP contribution in [0, 0.1) is 12.7 Å². The highest BCUT2D eigenvalue weighted by Crippen LogP contribution is 2.40. The molecule has 4 heteroatoms. The van der Waals surface area contributed by atoms with Crippen LogP contribution in [0.5, 0.6) is 0 Å². The monoisotopic (exact) mass is 469 g/mol. The van der Waals surface area contributed by atoms with Crippen LogP contribution < -0.4 is 4.57 Å². The molecule has 172 valence electrons. The van der Waals surface area contributed by atoms with Crippen molar-refractivity contribution in [3.8, 4) is 22.5 Å². The number of aromatic nitrogens is 2. The Balaban J connectivity index is 1.54. The summed E-state index contributed by atoms with van der Waals surface area (Å²) in [4.78, 5) is 4.87. The molecule has 7 rings (SSSR count). The lowest BCUT2D eigenvalue weighted by atomic mass is 9.95. The Morgan fingerprint density at radius 1 is 0.778 bits per heavy atom. The second-order valence-electron chi connectivity index (χ2n) is 9.29. The van der Waals surface area contributed by atoms with Crippen LogP contribution in [0.25, 0.3) is 66.1 Å². The van der Waals surface area contributed by atoms with Crippen LogP contribution in [0.2, 0.25) is 0 Å². The third-order valence-corrected chi connectivity index (χ3v) is 7.13. The molecule has 0 atom stereocenters. The van der Waals surface area contributed by atoms with Crippen molar-refractivity contribution in [2.75, 3.05) is 0 Å². The summed E-state index contributed by atoms with van der Waals surface area (Å²) in [5, 5.41) is 5.55. The van der Waals surface area contributed by atoms with Gasteiger partial charge in [0, 0.05) is 29.1 Å². The predicted molar refractivity (Wildman–Crippen MR) is 143 cm³/mol. The Hall–Kier alpha value is -4.57. The van der Waals surface area contributed by atoms with Crippen LogP contribution >= 0.6 is 0 Å². The lowest BCUT2D eigenvalue weighted by Gasteiger charge is -2.10. The Labute approximate surface area is 207 Å². The third kappa shape index (κ3) is 2.97. The normalized spacial score (nSPS) is 11.8. The zero-order chi connectivity index (χ0) is 24.4. The number of pyridine rings is 2.